The quantitative estimate of drug-likeness (QED) is 0.600. The molecule has 0 saturated heterocycles. The number of nitrogens with zero attached hydrogens (tertiary/aromatic N) is 1. The van der Waals surface area contributed by atoms with Crippen LogP contribution < -0.4 is 0 Å². The molecule has 0 aliphatic heterocycles. The van der Waals surface area contributed by atoms with E-state index in [2.05, 4.69) is 0 Å². The van der Waals surface area contributed by atoms with Crippen LogP contribution in [0.2, 0.25) is 0 Å². The van der Waals surface area contributed by atoms with Gasteiger partial charge in [0.25, 0.3) is 0 Å². The second kappa shape index (κ2) is 6.73. The van der Waals surface area contributed by atoms with Crippen molar-refractivity contribution < 1.29 is 9.53 Å². The van der Waals surface area contributed by atoms with E-state index in [4.69, 9.17) is 17.0 Å². The highest BCUT2D eigenvalue weighted by Gasteiger charge is 2.34. The Morgan fingerprint density at radius 2 is 1.95 bits per heavy atom. The zero-order valence-electron chi connectivity index (χ0n) is 13.2. The molecule has 1 fully saturated rings. The van der Waals surface area contributed by atoms with Crippen LogP contribution in [-0.2, 0) is 9.53 Å². The van der Waals surface area contributed by atoms with Crippen LogP contribution in [0.25, 0.3) is 0 Å². The lowest BCUT2D eigenvalue weighted by Crippen LogP contribution is -2.35. The van der Waals surface area contributed by atoms with Gasteiger partial charge in [0.1, 0.15) is 16.3 Å². The summed E-state index contributed by atoms with van der Waals surface area (Å²) in [7, 11) is 0. The monoisotopic (exact) mass is 307 g/mol. The van der Waals surface area contributed by atoms with Gasteiger partial charge in [-0.3, -0.25) is 0 Å². The average Bonchev–Trinajstić information content (AvgIpc) is 2.40. The highest BCUT2D eigenvalue weighted by Crippen LogP contribution is 2.34. The molecule has 0 amide bonds. The molecule has 0 radical (unpaired) electrons. The van der Waals surface area contributed by atoms with Crippen LogP contribution in [0.3, 0.4) is 0 Å². The second-order valence-corrected chi connectivity index (χ2v) is 7.24. The summed E-state index contributed by atoms with van der Waals surface area (Å²) in [5.41, 5.74) is -0.471. The van der Waals surface area contributed by atoms with E-state index in [1.165, 1.54) is 19.3 Å². The van der Waals surface area contributed by atoms with Crippen LogP contribution in [0.4, 0.5) is 0 Å². The molecule has 1 aliphatic rings. The summed E-state index contributed by atoms with van der Waals surface area (Å²) >= 11 is 5.41. The molecule has 0 spiro atoms. The lowest BCUT2D eigenvalue weighted by Gasteiger charge is -2.32. The molecule has 1 unspecified atom stereocenters. The number of rotatable bonds is 3. The Labute approximate surface area is 132 Å². The van der Waals surface area contributed by atoms with E-state index in [1.807, 2.05) is 49.7 Å². The summed E-state index contributed by atoms with van der Waals surface area (Å²) in [4.78, 5) is 12.7. The van der Waals surface area contributed by atoms with Gasteiger partial charge in [-0.05, 0) is 51.7 Å². The molecule has 1 saturated carbocycles. The van der Waals surface area contributed by atoms with Crippen molar-refractivity contribution in [3.8, 4) is 0 Å². The largest absolute Gasteiger partial charge is 0.458 e. The Balaban J connectivity index is 2.32. The molecule has 21 heavy (non-hydrogen) atoms. The van der Waals surface area contributed by atoms with E-state index in [0.29, 0.717) is 10.6 Å². The van der Waals surface area contributed by atoms with Gasteiger partial charge in [0.15, 0.2) is 0 Å². The van der Waals surface area contributed by atoms with Crippen molar-refractivity contribution in [3.63, 3.8) is 0 Å². The van der Waals surface area contributed by atoms with Crippen LogP contribution in [0.15, 0.2) is 24.4 Å². The van der Waals surface area contributed by atoms with Crippen molar-refractivity contribution >= 4 is 18.2 Å². The molecule has 0 N–H and O–H groups in total. The number of aromatic nitrogens is 1. The normalized spacial score (nSPS) is 18.2. The zero-order valence-corrected chi connectivity index (χ0v) is 14.0. The summed E-state index contributed by atoms with van der Waals surface area (Å²) in [6.45, 7) is 5.73. The Morgan fingerprint density at radius 3 is 2.52 bits per heavy atom. The fourth-order valence-corrected chi connectivity index (χ4v) is 3.27. The Kier molecular flexibility index (Phi) is 5.20. The first-order valence-corrected chi connectivity index (χ1v) is 8.19. The van der Waals surface area contributed by atoms with Crippen molar-refractivity contribution in [1.29, 1.82) is 0 Å². The van der Waals surface area contributed by atoms with Crippen molar-refractivity contribution in [3.05, 3.63) is 29.0 Å². The van der Waals surface area contributed by atoms with E-state index in [9.17, 15) is 4.79 Å². The van der Waals surface area contributed by atoms with Gasteiger partial charge in [-0.25, -0.2) is 4.79 Å². The number of carbonyl (C=O) groups is 1. The van der Waals surface area contributed by atoms with Crippen molar-refractivity contribution in [2.75, 3.05) is 0 Å². The average molecular weight is 307 g/mol. The van der Waals surface area contributed by atoms with Crippen molar-refractivity contribution in [1.82, 2.24) is 4.57 Å². The van der Waals surface area contributed by atoms with Gasteiger partial charge in [-0.15, -0.1) is 0 Å². The molecule has 0 aromatic carbocycles. The van der Waals surface area contributed by atoms with Gasteiger partial charge in [0.05, 0.1) is 0 Å². The lowest BCUT2D eigenvalue weighted by atomic mass is 9.83. The first-order chi connectivity index (χ1) is 9.88. The van der Waals surface area contributed by atoms with Gasteiger partial charge in [0.2, 0.25) is 0 Å². The topological polar surface area (TPSA) is 31.2 Å². The van der Waals surface area contributed by atoms with Crippen LogP contribution >= 0.6 is 12.2 Å². The van der Waals surface area contributed by atoms with E-state index >= 15 is 0 Å². The first-order valence-electron chi connectivity index (χ1n) is 7.78. The predicted octanol–water partition coefficient (Wildman–Crippen LogP) is 4.68. The predicted molar refractivity (Wildman–Crippen MR) is 86.7 cm³/mol. The molecule has 2 rings (SSSR count). The Hall–Kier alpha value is -1.16. The number of hydrogen-bond donors (Lipinski definition) is 0. The Morgan fingerprint density at radius 1 is 1.29 bits per heavy atom. The molecule has 3 nitrogen and oxygen atoms in total. The first kappa shape index (κ1) is 16.2. The Bertz CT molecular complexity index is 538. The van der Waals surface area contributed by atoms with E-state index in [1.54, 1.807) is 0 Å². The van der Waals surface area contributed by atoms with Crippen LogP contribution in [0.1, 0.15) is 58.9 Å². The fourth-order valence-electron chi connectivity index (χ4n) is 3.01. The van der Waals surface area contributed by atoms with Gasteiger partial charge in [0, 0.05) is 6.20 Å². The lowest BCUT2D eigenvalue weighted by molar-refractivity contribution is -0.161. The maximum atomic E-state index is 12.7. The van der Waals surface area contributed by atoms with E-state index < -0.39 is 5.60 Å². The van der Waals surface area contributed by atoms with E-state index in [-0.39, 0.29) is 12.0 Å². The third-order valence-electron chi connectivity index (χ3n) is 3.90. The summed E-state index contributed by atoms with van der Waals surface area (Å²) in [5, 5.41) is 0. The summed E-state index contributed by atoms with van der Waals surface area (Å²) in [6, 6.07) is 5.41. The molecule has 1 aromatic heterocycles. The highest BCUT2D eigenvalue weighted by atomic mass is 32.1. The maximum Gasteiger partial charge on any atom is 0.329 e. The third-order valence-corrected chi connectivity index (χ3v) is 4.24. The van der Waals surface area contributed by atoms with Gasteiger partial charge in [-0.1, -0.05) is 37.5 Å². The number of esters is 1. The van der Waals surface area contributed by atoms with Crippen molar-refractivity contribution in [2.45, 2.75) is 64.5 Å². The summed E-state index contributed by atoms with van der Waals surface area (Å²) < 4.78 is 8.27. The number of ether oxygens (including phenoxy) is 1. The molecule has 116 valence electrons. The zero-order chi connectivity index (χ0) is 15.5. The minimum Gasteiger partial charge on any atom is -0.458 e. The molecule has 4 heteroatoms. The van der Waals surface area contributed by atoms with Gasteiger partial charge < -0.3 is 9.30 Å². The standard InChI is InChI=1S/C17H25NO2S/c1-17(2,3)20-16(19)15(13-9-5-4-6-10-13)18-12-8-7-11-14(18)21/h7-8,11-13,15H,4-6,9-10H2,1-3H3. The molecule has 1 aromatic rings. The molecular formula is C17H25NO2S. The van der Waals surface area contributed by atoms with Crippen LogP contribution in [0, 0.1) is 10.6 Å². The number of carbonyl (C=O) groups excluding carboxylic acids is 1. The van der Waals surface area contributed by atoms with Crippen molar-refractivity contribution in [2.24, 2.45) is 5.92 Å². The van der Waals surface area contributed by atoms with Crippen LogP contribution in [-0.4, -0.2) is 16.1 Å². The maximum absolute atomic E-state index is 12.7. The van der Waals surface area contributed by atoms with Crippen LogP contribution in [0.5, 0.6) is 0 Å². The van der Waals surface area contributed by atoms with Gasteiger partial charge in [-0.2, -0.15) is 0 Å². The van der Waals surface area contributed by atoms with Gasteiger partial charge >= 0.3 is 5.97 Å². The molecule has 1 heterocycles. The SMILES string of the molecule is CC(C)(C)OC(=O)C(C1CCCCC1)n1ccccc1=S. The highest BCUT2D eigenvalue weighted by molar-refractivity contribution is 7.71. The summed E-state index contributed by atoms with van der Waals surface area (Å²) in [5.74, 6) is 0.166. The fraction of sp³-hybridized carbons (Fsp3) is 0.647. The minimum absolute atomic E-state index is 0.156. The smallest absolute Gasteiger partial charge is 0.329 e. The molecule has 1 aliphatic carbocycles. The van der Waals surface area contributed by atoms with E-state index in [0.717, 1.165) is 12.8 Å². The number of hydrogen-bond acceptors (Lipinski definition) is 3. The molecule has 0 bridgehead atoms. The molecule has 1 atom stereocenters. The second-order valence-electron chi connectivity index (χ2n) is 6.82. The summed E-state index contributed by atoms with van der Waals surface area (Å²) in [6.07, 6.45) is 7.68. The molecular weight excluding hydrogens is 282 g/mol. The third kappa shape index (κ3) is 4.40. The minimum atomic E-state index is -0.471. The number of pyridine rings is 1.